The third kappa shape index (κ3) is 14.1. The average molecular weight is 708 g/mol. The van der Waals surface area contributed by atoms with Gasteiger partial charge in [0.2, 0.25) is 0 Å². The number of hydrogen-bond acceptors (Lipinski definition) is 0. The van der Waals surface area contributed by atoms with Crippen LogP contribution in [0.15, 0.2) is 146 Å². The van der Waals surface area contributed by atoms with Gasteiger partial charge < -0.3 is 4.90 Å². The quantitative estimate of drug-likeness (QED) is 0.0509. The standard InChI is InChI=1S/C27H49N.C24H20B/c1-4-5-6-7-8-9-10-11-12-13-14-15-16-17-18-19-22-26-23-20-21-24-27(26)25-28(2)3;1-5-13-21(14-6-1)25(22-15-7-2-8-16-22,23-17-9-3-10-18-23)24-19-11-4-12-20-24/h20-21,23-24H,4-19,22,25H2,1-3H3;1-20H/q;-1/p+1. The molecular weight excluding hydrogens is 637 g/mol. The van der Waals surface area contributed by atoms with E-state index in [2.05, 4.69) is 167 Å². The summed E-state index contributed by atoms with van der Waals surface area (Å²) in [6.45, 7) is 3.45. The van der Waals surface area contributed by atoms with Crippen LogP contribution in [0.25, 0.3) is 0 Å². The van der Waals surface area contributed by atoms with Crippen LogP contribution in [0, 0.1) is 0 Å². The monoisotopic (exact) mass is 708 g/mol. The number of aryl methyl sites for hydroxylation is 1. The van der Waals surface area contributed by atoms with E-state index in [0.29, 0.717) is 0 Å². The second-order valence-electron chi connectivity index (χ2n) is 15.7. The fraction of sp³-hybridized carbons (Fsp3) is 0.412. The minimum atomic E-state index is -1.22. The lowest BCUT2D eigenvalue weighted by molar-refractivity contribution is -0.872. The van der Waals surface area contributed by atoms with Gasteiger partial charge in [-0.1, -0.05) is 249 Å². The summed E-state index contributed by atoms with van der Waals surface area (Å²) in [6, 6.07) is 52.6. The smallest absolute Gasteiger partial charge is 0.108 e. The summed E-state index contributed by atoms with van der Waals surface area (Å²) >= 11 is 0. The molecule has 0 unspecified atom stereocenters. The summed E-state index contributed by atoms with van der Waals surface area (Å²) in [4.78, 5) is 1.51. The molecule has 0 amide bonds. The molecule has 2 heteroatoms. The zero-order chi connectivity index (χ0) is 37.2. The van der Waals surface area contributed by atoms with Gasteiger partial charge in [-0.25, -0.2) is 0 Å². The van der Waals surface area contributed by atoms with Crippen molar-refractivity contribution in [1.82, 2.24) is 0 Å². The molecule has 0 spiro atoms. The van der Waals surface area contributed by atoms with Crippen LogP contribution in [0.2, 0.25) is 0 Å². The SMILES string of the molecule is CCCCCCCCCCCCCCCCCCc1ccccc1C[NH+](C)C.c1ccc([B-](c2ccccc2)(c2ccccc2)c2ccccc2)cc1. The van der Waals surface area contributed by atoms with E-state index in [1.807, 2.05) is 0 Å². The summed E-state index contributed by atoms with van der Waals surface area (Å²) in [5, 5.41) is 0. The summed E-state index contributed by atoms with van der Waals surface area (Å²) in [7, 11) is 4.48. The molecule has 0 radical (unpaired) electrons. The molecule has 0 aliphatic carbocycles. The van der Waals surface area contributed by atoms with Crippen molar-refractivity contribution in [3.63, 3.8) is 0 Å². The van der Waals surface area contributed by atoms with Crippen molar-refractivity contribution >= 4 is 28.0 Å². The van der Waals surface area contributed by atoms with Crippen LogP contribution in [-0.4, -0.2) is 20.2 Å². The predicted octanol–water partition coefficient (Wildman–Crippen LogP) is 10.2. The van der Waals surface area contributed by atoms with Crippen molar-refractivity contribution < 1.29 is 4.90 Å². The highest BCUT2D eigenvalue weighted by atomic mass is 15.0. The van der Waals surface area contributed by atoms with Crippen molar-refractivity contribution in [3.05, 3.63) is 157 Å². The van der Waals surface area contributed by atoms with E-state index in [1.165, 1.54) is 136 Å². The maximum atomic E-state index is 2.34. The molecular formula is C51H70BN. The van der Waals surface area contributed by atoms with Gasteiger partial charge in [0.05, 0.1) is 14.1 Å². The second kappa shape index (κ2) is 25.2. The van der Waals surface area contributed by atoms with Gasteiger partial charge in [-0.15, -0.1) is 0 Å². The topological polar surface area (TPSA) is 4.44 Å². The predicted molar refractivity (Wildman–Crippen MR) is 236 cm³/mol. The average Bonchev–Trinajstić information content (AvgIpc) is 3.20. The lowest BCUT2D eigenvalue weighted by atomic mass is 9.13. The van der Waals surface area contributed by atoms with E-state index >= 15 is 0 Å². The van der Waals surface area contributed by atoms with E-state index in [9.17, 15) is 0 Å². The minimum absolute atomic E-state index is 1.15. The number of rotatable bonds is 23. The molecule has 282 valence electrons. The maximum absolute atomic E-state index is 2.34. The molecule has 0 heterocycles. The van der Waals surface area contributed by atoms with Crippen LogP contribution in [0.5, 0.6) is 0 Å². The molecule has 0 saturated heterocycles. The second-order valence-corrected chi connectivity index (χ2v) is 15.7. The number of unbranched alkanes of at least 4 members (excludes halogenated alkanes) is 15. The normalized spacial score (nSPS) is 11.3. The highest BCUT2D eigenvalue weighted by Crippen LogP contribution is 2.16. The van der Waals surface area contributed by atoms with Crippen molar-refractivity contribution in [2.45, 2.75) is 123 Å². The van der Waals surface area contributed by atoms with E-state index in [4.69, 9.17) is 0 Å². The summed E-state index contributed by atoms with van der Waals surface area (Å²) in [6.07, 6.45) is 23.2. The summed E-state index contributed by atoms with van der Waals surface area (Å²) < 4.78 is 0. The van der Waals surface area contributed by atoms with Crippen LogP contribution in [0.4, 0.5) is 0 Å². The zero-order valence-corrected chi connectivity index (χ0v) is 33.7. The highest BCUT2D eigenvalue weighted by Gasteiger charge is 2.31. The molecule has 0 fully saturated rings. The number of hydrogen-bond donors (Lipinski definition) is 1. The Morgan fingerprint density at radius 1 is 0.340 bits per heavy atom. The Balaban J connectivity index is 0.000000237. The molecule has 0 saturated carbocycles. The Labute approximate surface area is 325 Å². The lowest BCUT2D eigenvalue weighted by Gasteiger charge is -2.44. The van der Waals surface area contributed by atoms with Crippen molar-refractivity contribution in [2.24, 2.45) is 0 Å². The van der Waals surface area contributed by atoms with Crippen LogP contribution in [-0.2, 0) is 13.0 Å². The Morgan fingerprint density at radius 2 is 0.623 bits per heavy atom. The van der Waals surface area contributed by atoms with Gasteiger partial charge in [-0.2, -0.15) is 21.9 Å². The molecule has 5 aromatic carbocycles. The largest absolute Gasteiger partial charge is 0.336 e. The zero-order valence-electron chi connectivity index (χ0n) is 33.7. The fourth-order valence-electron chi connectivity index (χ4n) is 8.34. The van der Waals surface area contributed by atoms with Gasteiger partial charge in [0.15, 0.2) is 0 Å². The molecule has 0 aliphatic heterocycles. The Hall–Kier alpha value is -3.88. The lowest BCUT2D eigenvalue weighted by Crippen LogP contribution is -3.04. The molecule has 0 atom stereocenters. The van der Waals surface area contributed by atoms with E-state index in [1.54, 1.807) is 11.1 Å². The molecule has 0 bridgehead atoms. The fourth-order valence-corrected chi connectivity index (χ4v) is 8.34. The van der Waals surface area contributed by atoms with Crippen molar-refractivity contribution in [1.29, 1.82) is 0 Å². The van der Waals surface area contributed by atoms with Crippen LogP contribution >= 0.6 is 0 Å². The first-order valence-electron chi connectivity index (χ1n) is 21.4. The molecule has 1 nitrogen and oxygen atoms in total. The van der Waals surface area contributed by atoms with Gasteiger partial charge in [0.1, 0.15) is 12.7 Å². The first-order valence-corrected chi connectivity index (χ1v) is 21.4. The number of benzene rings is 5. The van der Waals surface area contributed by atoms with E-state index in [-0.39, 0.29) is 0 Å². The summed E-state index contributed by atoms with van der Waals surface area (Å²) in [5.74, 6) is 0. The highest BCUT2D eigenvalue weighted by molar-refractivity contribution is 7.19. The van der Waals surface area contributed by atoms with Gasteiger partial charge in [-0.3, -0.25) is 0 Å². The number of quaternary nitrogens is 1. The minimum Gasteiger partial charge on any atom is -0.336 e. The van der Waals surface area contributed by atoms with Crippen molar-refractivity contribution in [2.75, 3.05) is 14.1 Å². The summed E-state index contributed by atoms with van der Waals surface area (Å²) in [5.41, 5.74) is 8.48. The van der Waals surface area contributed by atoms with Crippen LogP contribution < -0.4 is 26.8 Å². The molecule has 0 aromatic heterocycles. The molecule has 5 aromatic rings. The maximum Gasteiger partial charge on any atom is 0.108 e. The Bertz CT molecular complexity index is 1440. The first kappa shape index (κ1) is 41.9. The van der Waals surface area contributed by atoms with Gasteiger partial charge in [-0.05, 0) is 18.4 Å². The molecule has 1 N–H and O–H groups in total. The van der Waals surface area contributed by atoms with E-state index < -0.39 is 6.15 Å². The van der Waals surface area contributed by atoms with Crippen LogP contribution in [0.1, 0.15) is 121 Å². The van der Waals surface area contributed by atoms with Crippen LogP contribution in [0.3, 0.4) is 0 Å². The number of nitrogens with one attached hydrogen (secondary N) is 1. The van der Waals surface area contributed by atoms with Gasteiger partial charge >= 0.3 is 0 Å². The van der Waals surface area contributed by atoms with Gasteiger partial charge in [0.25, 0.3) is 0 Å². The first-order chi connectivity index (χ1) is 26.2. The Kier molecular flexibility index (Phi) is 19.9. The van der Waals surface area contributed by atoms with Crippen molar-refractivity contribution in [3.8, 4) is 0 Å². The van der Waals surface area contributed by atoms with Gasteiger partial charge in [0, 0.05) is 5.56 Å². The van der Waals surface area contributed by atoms with E-state index in [0.717, 1.165) is 6.54 Å². The molecule has 53 heavy (non-hydrogen) atoms. The molecule has 5 rings (SSSR count). The Morgan fingerprint density at radius 3 is 0.943 bits per heavy atom. The molecule has 0 aliphatic rings. The third-order valence-electron chi connectivity index (χ3n) is 11.2. The third-order valence-corrected chi connectivity index (χ3v) is 11.2.